The highest BCUT2D eigenvalue weighted by Crippen LogP contribution is 2.38. The molecule has 7 heteroatoms. The van der Waals surface area contributed by atoms with Gasteiger partial charge in [-0.2, -0.15) is 0 Å². The summed E-state index contributed by atoms with van der Waals surface area (Å²) in [7, 11) is 0. The van der Waals surface area contributed by atoms with E-state index in [0.29, 0.717) is 18.7 Å². The van der Waals surface area contributed by atoms with E-state index in [1.54, 1.807) is 6.33 Å². The van der Waals surface area contributed by atoms with E-state index in [-0.39, 0.29) is 12.0 Å². The number of fused-ring (bicyclic) bond motifs is 3. The van der Waals surface area contributed by atoms with Crippen LogP contribution in [0.5, 0.6) is 0 Å². The summed E-state index contributed by atoms with van der Waals surface area (Å²) in [5, 5.41) is 7.66. The maximum absolute atomic E-state index is 12.3. The van der Waals surface area contributed by atoms with Crippen LogP contribution in [0.25, 0.3) is 10.2 Å². The zero-order valence-corrected chi connectivity index (χ0v) is 17.8. The smallest absolute Gasteiger partial charge is 0.251 e. The Kier molecular flexibility index (Phi) is 5.64. The first kappa shape index (κ1) is 19.5. The summed E-state index contributed by atoms with van der Waals surface area (Å²) in [5.41, 5.74) is 3.22. The van der Waals surface area contributed by atoms with Crippen LogP contribution < -0.4 is 10.6 Å². The Morgan fingerprint density at radius 1 is 1.13 bits per heavy atom. The van der Waals surface area contributed by atoms with Crippen molar-refractivity contribution < 1.29 is 9.53 Å². The maximum Gasteiger partial charge on any atom is 0.251 e. The van der Waals surface area contributed by atoms with Gasteiger partial charge >= 0.3 is 0 Å². The zero-order chi connectivity index (χ0) is 20.3. The Balaban J connectivity index is 1.23. The average Bonchev–Trinajstić information content (AvgIpc) is 3.44. The lowest BCUT2D eigenvalue weighted by atomic mass is 9.97. The molecule has 30 heavy (non-hydrogen) atoms. The molecule has 0 bridgehead atoms. The van der Waals surface area contributed by atoms with Gasteiger partial charge in [0.05, 0.1) is 11.5 Å². The first-order valence-corrected chi connectivity index (χ1v) is 11.6. The van der Waals surface area contributed by atoms with Crippen LogP contribution in [0.3, 0.4) is 0 Å². The van der Waals surface area contributed by atoms with Gasteiger partial charge in [-0.15, -0.1) is 11.3 Å². The number of amides is 1. The number of aromatic nitrogens is 2. The molecule has 2 aromatic heterocycles. The fourth-order valence-corrected chi connectivity index (χ4v) is 5.53. The number of aryl methyl sites for hydroxylation is 2. The molecule has 1 amide bonds. The van der Waals surface area contributed by atoms with E-state index < -0.39 is 0 Å². The Morgan fingerprint density at radius 3 is 2.83 bits per heavy atom. The molecule has 156 valence electrons. The van der Waals surface area contributed by atoms with Gasteiger partial charge < -0.3 is 15.4 Å². The molecule has 0 saturated carbocycles. The molecule has 6 nitrogen and oxygen atoms in total. The number of nitrogens with one attached hydrogen (secondary N) is 2. The average molecular weight is 423 g/mol. The minimum absolute atomic E-state index is 0.0487. The molecule has 1 fully saturated rings. The van der Waals surface area contributed by atoms with Gasteiger partial charge in [0, 0.05) is 30.1 Å². The number of hydrogen-bond acceptors (Lipinski definition) is 6. The third kappa shape index (κ3) is 4.04. The number of benzene rings is 1. The van der Waals surface area contributed by atoms with Crippen LogP contribution in [0.15, 0.2) is 30.6 Å². The number of carbonyl (C=O) groups is 1. The van der Waals surface area contributed by atoms with Crippen LogP contribution in [0.1, 0.15) is 52.0 Å². The molecule has 2 N–H and O–H groups in total. The number of ether oxygens (including phenoxy) is 1. The summed E-state index contributed by atoms with van der Waals surface area (Å²) in [6, 6.07) is 7.75. The Hall–Kier alpha value is -2.51. The van der Waals surface area contributed by atoms with Gasteiger partial charge in [0.2, 0.25) is 0 Å². The van der Waals surface area contributed by atoms with Crippen molar-refractivity contribution >= 4 is 33.3 Å². The van der Waals surface area contributed by atoms with Gasteiger partial charge in [0.15, 0.2) is 0 Å². The number of thiophene rings is 1. The summed E-state index contributed by atoms with van der Waals surface area (Å²) in [6.45, 7) is 2.04. The molecule has 0 radical (unpaired) electrons. The highest BCUT2D eigenvalue weighted by Gasteiger charge is 2.20. The van der Waals surface area contributed by atoms with Crippen molar-refractivity contribution in [2.45, 2.75) is 51.2 Å². The van der Waals surface area contributed by atoms with Crippen LogP contribution >= 0.6 is 11.3 Å². The van der Waals surface area contributed by atoms with Crippen molar-refractivity contribution in [2.24, 2.45) is 0 Å². The predicted octanol–water partition coefficient (Wildman–Crippen LogP) is 4.09. The molecule has 1 atom stereocenters. The normalized spacial score (nSPS) is 18.3. The van der Waals surface area contributed by atoms with Crippen molar-refractivity contribution in [1.29, 1.82) is 0 Å². The molecule has 3 aromatic rings. The van der Waals surface area contributed by atoms with E-state index in [0.717, 1.165) is 48.5 Å². The van der Waals surface area contributed by atoms with Gasteiger partial charge in [0.25, 0.3) is 5.91 Å². The molecule has 1 saturated heterocycles. The SMILES string of the molecule is O=C(NCC1CCCO1)c1ccc(CNc2ncnc3sc4c(c23)CCCC4)cc1. The maximum atomic E-state index is 12.3. The topological polar surface area (TPSA) is 76.1 Å². The minimum atomic E-state index is -0.0487. The number of carbonyl (C=O) groups excluding carboxylic acids is 1. The van der Waals surface area contributed by atoms with E-state index in [4.69, 9.17) is 4.74 Å². The molecule has 0 spiro atoms. The molecule has 1 aliphatic carbocycles. The van der Waals surface area contributed by atoms with Crippen molar-refractivity contribution in [3.63, 3.8) is 0 Å². The molecule has 1 aliphatic heterocycles. The lowest BCUT2D eigenvalue weighted by Gasteiger charge is -2.13. The van der Waals surface area contributed by atoms with Crippen LogP contribution in [-0.4, -0.2) is 35.1 Å². The summed E-state index contributed by atoms with van der Waals surface area (Å²) in [4.78, 5) is 23.9. The monoisotopic (exact) mass is 422 g/mol. The molecule has 1 aromatic carbocycles. The van der Waals surface area contributed by atoms with E-state index in [2.05, 4.69) is 20.6 Å². The Labute approximate surface area is 180 Å². The first-order valence-electron chi connectivity index (χ1n) is 10.8. The summed E-state index contributed by atoms with van der Waals surface area (Å²) < 4.78 is 5.56. The third-order valence-electron chi connectivity index (χ3n) is 5.94. The number of hydrogen-bond donors (Lipinski definition) is 2. The van der Waals surface area contributed by atoms with E-state index in [9.17, 15) is 4.79 Å². The summed E-state index contributed by atoms with van der Waals surface area (Å²) in [6.07, 6.45) is 8.69. The second-order valence-electron chi connectivity index (χ2n) is 8.01. The van der Waals surface area contributed by atoms with Crippen molar-refractivity contribution in [3.8, 4) is 0 Å². The van der Waals surface area contributed by atoms with Gasteiger partial charge in [-0.1, -0.05) is 12.1 Å². The number of rotatable bonds is 6. The molecule has 2 aliphatic rings. The van der Waals surface area contributed by atoms with Crippen LogP contribution in [0.2, 0.25) is 0 Å². The Morgan fingerprint density at radius 2 is 2.00 bits per heavy atom. The quantitative estimate of drug-likeness (QED) is 0.626. The van der Waals surface area contributed by atoms with Gasteiger partial charge in [-0.05, 0) is 61.8 Å². The summed E-state index contributed by atoms with van der Waals surface area (Å²) in [5.74, 6) is 0.866. The number of anilines is 1. The highest BCUT2D eigenvalue weighted by molar-refractivity contribution is 7.19. The lowest BCUT2D eigenvalue weighted by Crippen LogP contribution is -2.31. The first-order chi connectivity index (χ1) is 14.8. The second-order valence-corrected chi connectivity index (χ2v) is 9.09. The van der Waals surface area contributed by atoms with Crippen LogP contribution in [-0.2, 0) is 24.1 Å². The van der Waals surface area contributed by atoms with Crippen LogP contribution in [0.4, 0.5) is 5.82 Å². The fraction of sp³-hybridized carbons (Fsp3) is 0.435. The van der Waals surface area contributed by atoms with Crippen molar-refractivity contribution in [3.05, 3.63) is 52.2 Å². The predicted molar refractivity (Wildman–Crippen MR) is 119 cm³/mol. The van der Waals surface area contributed by atoms with Gasteiger partial charge in [-0.3, -0.25) is 4.79 Å². The molecule has 3 heterocycles. The minimum Gasteiger partial charge on any atom is -0.376 e. The Bertz CT molecular complexity index is 1040. The van der Waals surface area contributed by atoms with E-state index in [1.165, 1.54) is 28.7 Å². The third-order valence-corrected chi connectivity index (χ3v) is 7.14. The second kappa shape index (κ2) is 8.70. The zero-order valence-electron chi connectivity index (χ0n) is 16.9. The van der Waals surface area contributed by atoms with Gasteiger partial charge in [-0.25, -0.2) is 9.97 Å². The van der Waals surface area contributed by atoms with E-state index in [1.807, 2.05) is 35.6 Å². The molecule has 5 rings (SSSR count). The molecular weight excluding hydrogens is 396 g/mol. The van der Waals surface area contributed by atoms with Crippen molar-refractivity contribution in [2.75, 3.05) is 18.5 Å². The largest absolute Gasteiger partial charge is 0.376 e. The highest BCUT2D eigenvalue weighted by atomic mass is 32.1. The standard InChI is InChI=1S/C23H26N4O2S/c28-22(25-13-17-4-3-11-29-17)16-9-7-15(8-10-16)12-24-21-20-18-5-1-2-6-19(18)30-23(20)27-14-26-21/h7-10,14,17H,1-6,11-13H2,(H,25,28)(H,24,26,27). The lowest BCUT2D eigenvalue weighted by molar-refractivity contribution is 0.0858. The summed E-state index contributed by atoms with van der Waals surface area (Å²) >= 11 is 1.81. The van der Waals surface area contributed by atoms with Crippen LogP contribution in [0, 0.1) is 0 Å². The van der Waals surface area contributed by atoms with Crippen molar-refractivity contribution in [1.82, 2.24) is 15.3 Å². The number of nitrogens with zero attached hydrogens (tertiary/aromatic N) is 2. The molecule has 1 unspecified atom stereocenters. The van der Waals surface area contributed by atoms with E-state index >= 15 is 0 Å². The fourth-order valence-electron chi connectivity index (χ4n) is 4.30. The molecular formula is C23H26N4O2S. The van der Waals surface area contributed by atoms with Gasteiger partial charge in [0.1, 0.15) is 17.0 Å².